The van der Waals surface area contributed by atoms with E-state index in [4.69, 9.17) is 33.2 Å². The highest BCUT2D eigenvalue weighted by molar-refractivity contribution is 7.16. The Morgan fingerprint density at radius 1 is 0.317 bits per heavy atom. The van der Waals surface area contributed by atoms with Crippen LogP contribution < -0.4 is 31.9 Å². The lowest BCUT2D eigenvalue weighted by Crippen LogP contribution is -2.14. The first-order chi connectivity index (χ1) is 56.9. The molecule has 6 N–H and O–H groups in total. The highest BCUT2D eigenvalue weighted by atomic mass is 35.5. The first-order valence-electron chi connectivity index (χ1n) is 40.7. The zero-order valence-corrected chi connectivity index (χ0v) is 79.7. The molecule has 0 fully saturated rings. The van der Waals surface area contributed by atoms with Crippen molar-refractivity contribution in [3.63, 3.8) is 0 Å². The summed E-state index contributed by atoms with van der Waals surface area (Å²) >= 11 is 22.4. The number of hydrogen-bond donors (Lipinski definition) is 6. The first-order valence-corrected chi connectivity index (χ1v) is 46.6. The van der Waals surface area contributed by atoms with E-state index in [2.05, 4.69) is 370 Å². The largest absolute Gasteiger partial charge is 0.331 e. The van der Waals surface area contributed by atoms with Crippen LogP contribution in [0.4, 0.5) is 64.9 Å². The zero-order valence-electron chi connectivity index (χ0n) is 73.2. The van der Waals surface area contributed by atoms with E-state index in [-0.39, 0.29) is 27.1 Å². The fraction of sp³-hybridized carbons (Fsp3) is 0.300. The fourth-order valence-electron chi connectivity index (χ4n) is 12.9. The van der Waals surface area contributed by atoms with Crippen LogP contribution in [0.2, 0.25) is 10.0 Å². The maximum atomic E-state index is 6.26. The van der Waals surface area contributed by atoms with Gasteiger partial charge in [-0.1, -0.05) is 306 Å². The Morgan fingerprint density at radius 2 is 0.667 bits per heavy atom. The molecule has 0 atom stereocenters. The summed E-state index contributed by atoms with van der Waals surface area (Å²) < 4.78 is 0. The van der Waals surface area contributed by atoms with Gasteiger partial charge in [0.25, 0.3) is 0 Å². The Bertz CT molecular complexity index is 5970. The highest BCUT2D eigenvalue weighted by Crippen LogP contribution is 2.41. The molecule has 16 rings (SSSR count). The number of fused-ring (bicyclic) bond motifs is 4. The Morgan fingerprint density at radius 3 is 1.08 bits per heavy atom. The lowest BCUT2D eigenvalue weighted by molar-refractivity contribution is 0.566. The zero-order chi connectivity index (χ0) is 86.4. The molecule has 120 heavy (non-hydrogen) atoms. The molecule has 6 heterocycles. The second-order valence-corrected chi connectivity index (χ2v) is 41.7. The average Bonchev–Trinajstić information content (AvgIpc) is 1.58. The third-order valence-corrected chi connectivity index (χ3v) is 25.6. The SMILES string of the molecule is CC(C)(C)c1csc(Nc2ccc(Cl)c3ccccc23)n1.CC(C)c1csc(Nc2cccc3ccccc23)n1.CCCc1sc(Nc2cccc3ccccc23)nc1C(C)(C)C.Cc1c(Cl)cccc1Nc1nc(C(C)(C)C)cs1.Cc1cccc(Nc2nc(C(C)(C)C)cs2)c1C.Cc1sc(Nc2cccc3ccccc23)nc1C(C)(C)C. The van der Waals surface area contributed by atoms with Crippen LogP contribution in [-0.2, 0) is 33.5 Å². The molecule has 0 bridgehead atoms. The molecule has 0 amide bonds. The van der Waals surface area contributed by atoms with E-state index in [1.54, 1.807) is 68.0 Å². The number of nitrogens with one attached hydrogen (secondary N) is 6. The van der Waals surface area contributed by atoms with Gasteiger partial charge in [-0.05, 0) is 121 Å². The Labute approximate surface area is 745 Å². The number of nitrogens with zero attached hydrogens (tertiary/aromatic N) is 6. The normalized spacial score (nSPS) is 11.6. The van der Waals surface area contributed by atoms with Gasteiger partial charge in [-0.25, -0.2) is 29.9 Å². The fourth-order valence-corrected chi connectivity index (χ4v) is 19.3. The van der Waals surface area contributed by atoms with Crippen LogP contribution in [0.1, 0.15) is 198 Å². The summed E-state index contributed by atoms with van der Waals surface area (Å²) in [5, 5.41) is 45.9. The predicted molar refractivity (Wildman–Crippen MR) is 532 cm³/mol. The van der Waals surface area contributed by atoms with E-state index >= 15 is 0 Å². The van der Waals surface area contributed by atoms with Crippen LogP contribution in [-0.4, -0.2) is 29.9 Å². The molecule has 16 aromatic rings. The third kappa shape index (κ3) is 24.4. The average molecular weight is 1750 g/mol. The second-order valence-electron chi connectivity index (χ2n) is 35.2. The van der Waals surface area contributed by atoms with Crippen molar-refractivity contribution in [2.45, 2.75) is 198 Å². The van der Waals surface area contributed by atoms with Crippen molar-refractivity contribution < 1.29 is 0 Å². The van der Waals surface area contributed by atoms with E-state index in [0.717, 1.165) is 127 Å². The van der Waals surface area contributed by atoms with Gasteiger partial charge in [0.15, 0.2) is 30.8 Å². The van der Waals surface area contributed by atoms with Crippen LogP contribution >= 0.6 is 91.2 Å². The molecule has 20 heteroatoms. The molecule has 10 aromatic carbocycles. The lowest BCUT2D eigenvalue weighted by atomic mass is 9.90. The van der Waals surface area contributed by atoms with Crippen molar-refractivity contribution in [1.82, 2.24) is 29.9 Å². The maximum absolute atomic E-state index is 6.26. The summed E-state index contributed by atoms with van der Waals surface area (Å²) in [6.45, 7) is 47.8. The molecule has 0 saturated heterocycles. The van der Waals surface area contributed by atoms with Gasteiger partial charge in [0.1, 0.15) is 0 Å². The van der Waals surface area contributed by atoms with Gasteiger partial charge < -0.3 is 31.9 Å². The number of thiazole rings is 6. The molecule has 0 unspecified atom stereocenters. The highest BCUT2D eigenvalue weighted by Gasteiger charge is 2.26. The second kappa shape index (κ2) is 39.9. The van der Waals surface area contributed by atoms with Gasteiger partial charge in [-0.15, -0.1) is 68.0 Å². The lowest BCUT2D eigenvalue weighted by Gasteiger charge is -2.17. The predicted octanol–water partition coefficient (Wildman–Crippen LogP) is 33.0. The molecule has 0 aliphatic carbocycles. The number of hydrogen-bond acceptors (Lipinski definition) is 18. The summed E-state index contributed by atoms with van der Waals surface area (Å²) in [6.07, 6.45) is 2.25. The van der Waals surface area contributed by atoms with E-state index in [0.29, 0.717) is 5.92 Å². The van der Waals surface area contributed by atoms with E-state index < -0.39 is 0 Å². The van der Waals surface area contributed by atoms with Crippen molar-refractivity contribution in [3.05, 3.63) is 292 Å². The van der Waals surface area contributed by atoms with E-state index in [1.807, 2.05) is 55.5 Å². The van der Waals surface area contributed by atoms with Crippen molar-refractivity contribution >= 4 is 199 Å². The van der Waals surface area contributed by atoms with Gasteiger partial charge >= 0.3 is 0 Å². The smallest absolute Gasteiger partial charge is 0.187 e. The van der Waals surface area contributed by atoms with Crippen molar-refractivity contribution in [2.75, 3.05) is 31.9 Å². The first kappa shape index (κ1) is 91.1. The molecule has 0 radical (unpaired) electrons. The number of benzene rings is 10. The van der Waals surface area contributed by atoms with Crippen LogP contribution in [0.25, 0.3) is 43.1 Å². The van der Waals surface area contributed by atoms with Crippen LogP contribution in [0.5, 0.6) is 0 Å². The molecule has 0 aliphatic heterocycles. The maximum Gasteiger partial charge on any atom is 0.187 e. The van der Waals surface area contributed by atoms with Crippen molar-refractivity contribution in [1.29, 1.82) is 0 Å². The minimum Gasteiger partial charge on any atom is -0.331 e. The molecule has 0 saturated carbocycles. The summed E-state index contributed by atoms with van der Waals surface area (Å²) in [5.41, 5.74) is 17.5. The van der Waals surface area contributed by atoms with Gasteiger partial charge in [0, 0.05) is 129 Å². The van der Waals surface area contributed by atoms with Crippen molar-refractivity contribution in [3.8, 4) is 0 Å². The topological polar surface area (TPSA) is 150 Å². The molecule has 6 aromatic heterocycles. The molecule has 0 aliphatic rings. The molecule has 12 nitrogen and oxygen atoms in total. The van der Waals surface area contributed by atoms with Crippen LogP contribution in [0.15, 0.2) is 222 Å². The standard InChI is InChI=1S/C20H24N2S.C18H20N2S.C17H17ClN2S.C16H16N2S.C15H20N2S.C14H17ClN2S/c1-5-9-17-18(20(2,3)4)22-19(23-17)21-16-13-8-11-14-10-6-7-12-15(14)16;1-12-16(18(2,3)4)20-17(21-12)19-15-11-7-9-13-8-5-6-10-14(13)15;1-17(2,3)15-10-21-16(20-15)19-14-9-8-13(18)11-6-4-5-7-12(11)14;1-11(2)15-10-19-16(18-15)17-14-9-5-7-12-6-3-4-8-13(12)14;1-10-7-6-8-12(11(10)2)16-14-17-13(9-18-14)15(3,4)5;1-9-10(15)6-5-7-11(9)16-13-17-12(8-18-13)14(2,3)4/h6-8,10-13H,5,9H2,1-4H3,(H,21,22);5-11H,1-4H3,(H,19,20);4-10H,1-3H3,(H,19,20);3-11H,1-2H3,(H,17,18);6-9H,1-5H3,(H,16,17);5-8H,1-4H3,(H,16,17). The van der Waals surface area contributed by atoms with Crippen molar-refractivity contribution in [2.24, 2.45) is 0 Å². The van der Waals surface area contributed by atoms with Crippen LogP contribution in [0.3, 0.4) is 0 Å². The summed E-state index contributed by atoms with van der Waals surface area (Å²) in [6, 6.07) is 68.4. The monoisotopic (exact) mass is 1740 g/mol. The van der Waals surface area contributed by atoms with Gasteiger partial charge in [-0.3, -0.25) is 0 Å². The van der Waals surface area contributed by atoms with E-state index in [9.17, 15) is 0 Å². The van der Waals surface area contributed by atoms with Gasteiger partial charge in [-0.2, -0.15) is 0 Å². The quantitative estimate of drug-likeness (QED) is 0.0580. The van der Waals surface area contributed by atoms with Gasteiger partial charge in [0.05, 0.1) is 34.2 Å². The number of anilines is 12. The molecular weight excluding hydrogens is 1630 g/mol. The number of rotatable bonds is 15. The number of halogens is 2. The summed E-state index contributed by atoms with van der Waals surface area (Å²) in [7, 11) is 0. The van der Waals surface area contributed by atoms with E-state index in [1.165, 1.54) is 64.6 Å². The summed E-state index contributed by atoms with van der Waals surface area (Å²) in [5.74, 6) is 0.472. The van der Waals surface area contributed by atoms with Gasteiger partial charge in [0.2, 0.25) is 0 Å². The summed E-state index contributed by atoms with van der Waals surface area (Å²) in [4.78, 5) is 31.0. The Balaban J connectivity index is 0.000000141. The molecular formula is C100H114Cl2N12S6. The van der Waals surface area contributed by atoms with Crippen LogP contribution in [0, 0.1) is 27.7 Å². The Hall–Kier alpha value is -9.60. The number of aryl methyl sites for hydroxylation is 3. The Kier molecular flexibility index (Phi) is 30.3. The minimum atomic E-state index is 0.0680. The minimum absolute atomic E-state index is 0.0680. The molecule has 0 spiro atoms. The third-order valence-electron chi connectivity index (χ3n) is 19.9. The molecule has 624 valence electrons. The number of aromatic nitrogens is 6.